The Bertz CT molecular complexity index is 1100. The first-order valence-electron chi connectivity index (χ1n) is 9.20. The Morgan fingerprint density at radius 2 is 1.93 bits per heavy atom. The normalized spacial score (nSPS) is 17.2. The maximum atomic E-state index is 12.3. The molecule has 7 heteroatoms. The third-order valence-corrected chi connectivity index (χ3v) is 6.69. The second kappa shape index (κ2) is 7.30. The molecule has 0 bridgehead atoms. The van der Waals surface area contributed by atoms with E-state index in [1.807, 2.05) is 58.1 Å². The molecule has 0 aliphatic carbocycles. The summed E-state index contributed by atoms with van der Waals surface area (Å²) in [6.07, 6.45) is 0. The molecule has 0 N–H and O–H groups in total. The lowest BCUT2D eigenvalue weighted by atomic mass is 10.1. The van der Waals surface area contributed by atoms with Gasteiger partial charge in [0.2, 0.25) is 0 Å². The Balaban J connectivity index is 1.83. The fourth-order valence-corrected chi connectivity index (χ4v) is 4.87. The highest BCUT2D eigenvalue weighted by Crippen LogP contribution is 2.36. The molecule has 1 aliphatic rings. The average molecular weight is 395 g/mol. The van der Waals surface area contributed by atoms with Crippen molar-refractivity contribution in [2.75, 3.05) is 31.6 Å². The van der Waals surface area contributed by atoms with Crippen molar-refractivity contribution in [1.82, 2.24) is 8.87 Å². The van der Waals surface area contributed by atoms with Gasteiger partial charge in [-0.2, -0.15) is 5.26 Å². The molecule has 6 nitrogen and oxygen atoms in total. The van der Waals surface area contributed by atoms with Gasteiger partial charge in [0.05, 0.1) is 29.6 Å². The highest BCUT2D eigenvalue weighted by molar-refractivity contribution is 7.84. The monoisotopic (exact) mass is 394 g/mol. The van der Waals surface area contributed by atoms with Gasteiger partial charge in [-0.3, -0.25) is 4.31 Å². The van der Waals surface area contributed by atoms with Crippen LogP contribution in [-0.4, -0.2) is 40.3 Å². The van der Waals surface area contributed by atoms with Crippen LogP contribution in [0.4, 0.5) is 5.69 Å². The summed E-state index contributed by atoms with van der Waals surface area (Å²) < 4.78 is 23.6. The number of rotatable bonds is 4. The van der Waals surface area contributed by atoms with Gasteiger partial charge in [0, 0.05) is 38.1 Å². The lowest BCUT2D eigenvalue weighted by Crippen LogP contribution is -2.23. The molecule has 0 amide bonds. The van der Waals surface area contributed by atoms with E-state index in [-0.39, 0.29) is 0 Å². The van der Waals surface area contributed by atoms with Crippen LogP contribution >= 0.6 is 0 Å². The largest absolute Gasteiger partial charge is 0.497 e. The van der Waals surface area contributed by atoms with E-state index in [0.29, 0.717) is 5.56 Å². The molecule has 1 aliphatic heterocycles. The van der Waals surface area contributed by atoms with Gasteiger partial charge < -0.3 is 9.30 Å². The SMILES string of the molecule is CCn1c(-c2ccc(N3CCN(C)S3=O)cc2)c(C#N)c2ccc(OC)cc21. The number of aromatic nitrogens is 1. The molecule has 144 valence electrons. The molecule has 0 spiro atoms. The molecule has 1 fully saturated rings. The molecular formula is C21H22N4O2S. The summed E-state index contributed by atoms with van der Waals surface area (Å²) in [6, 6.07) is 16.1. The molecule has 0 saturated carbocycles. The quantitative estimate of drug-likeness (QED) is 0.680. The maximum absolute atomic E-state index is 12.3. The Morgan fingerprint density at radius 1 is 1.18 bits per heavy atom. The summed E-state index contributed by atoms with van der Waals surface area (Å²) >= 11 is -1.14. The average Bonchev–Trinajstić information content (AvgIpc) is 3.24. The van der Waals surface area contributed by atoms with Gasteiger partial charge in [0.25, 0.3) is 0 Å². The zero-order valence-corrected chi connectivity index (χ0v) is 17.0. The van der Waals surface area contributed by atoms with Crippen molar-refractivity contribution in [3.05, 3.63) is 48.0 Å². The van der Waals surface area contributed by atoms with Crippen LogP contribution < -0.4 is 9.04 Å². The molecule has 1 saturated heterocycles. The molecular weight excluding hydrogens is 372 g/mol. The predicted molar refractivity (Wildman–Crippen MR) is 112 cm³/mol. The molecule has 2 aromatic carbocycles. The highest BCUT2D eigenvalue weighted by atomic mass is 32.2. The summed E-state index contributed by atoms with van der Waals surface area (Å²) in [5.74, 6) is 0.770. The number of hydrogen-bond donors (Lipinski definition) is 0. The van der Waals surface area contributed by atoms with Crippen LogP contribution in [0.1, 0.15) is 12.5 Å². The van der Waals surface area contributed by atoms with Crippen molar-refractivity contribution in [3.8, 4) is 23.1 Å². The number of ether oxygens (including phenoxy) is 1. The summed E-state index contributed by atoms with van der Waals surface area (Å²) in [7, 11) is 3.50. The second-order valence-electron chi connectivity index (χ2n) is 6.69. The first-order chi connectivity index (χ1) is 13.6. The van der Waals surface area contributed by atoms with E-state index < -0.39 is 11.2 Å². The predicted octanol–water partition coefficient (Wildman–Crippen LogP) is 3.54. The number of hydrogen-bond acceptors (Lipinski definition) is 3. The zero-order chi connectivity index (χ0) is 19.8. The number of benzene rings is 2. The number of nitriles is 1. The fraction of sp³-hybridized carbons (Fsp3) is 0.286. The van der Waals surface area contributed by atoms with E-state index in [1.165, 1.54) is 0 Å². The maximum Gasteiger partial charge on any atom is 0.198 e. The van der Waals surface area contributed by atoms with Crippen LogP contribution in [0.25, 0.3) is 22.2 Å². The van der Waals surface area contributed by atoms with E-state index in [1.54, 1.807) is 7.11 Å². The minimum Gasteiger partial charge on any atom is -0.497 e. The molecule has 1 atom stereocenters. The van der Waals surface area contributed by atoms with Crippen molar-refractivity contribution >= 4 is 27.8 Å². The summed E-state index contributed by atoms with van der Waals surface area (Å²) in [6.45, 7) is 4.32. The van der Waals surface area contributed by atoms with Gasteiger partial charge in [0.1, 0.15) is 11.8 Å². The van der Waals surface area contributed by atoms with E-state index in [2.05, 4.69) is 17.6 Å². The Hall–Kier alpha value is -2.82. The molecule has 1 unspecified atom stereocenters. The second-order valence-corrected chi connectivity index (χ2v) is 8.22. The van der Waals surface area contributed by atoms with E-state index >= 15 is 0 Å². The number of fused-ring (bicyclic) bond motifs is 1. The first kappa shape index (κ1) is 18.5. The smallest absolute Gasteiger partial charge is 0.198 e. The van der Waals surface area contributed by atoms with Gasteiger partial charge in [0.15, 0.2) is 11.2 Å². The zero-order valence-electron chi connectivity index (χ0n) is 16.2. The third-order valence-electron chi connectivity index (χ3n) is 5.20. The molecule has 1 aromatic heterocycles. The Labute approximate surface area is 167 Å². The number of nitrogens with zero attached hydrogens (tertiary/aromatic N) is 4. The number of methoxy groups -OCH3 is 1. The minimum atomic E-state index is -1.14. The molecule has 3 aromatic rings. The highest BCUT2D eigenvalue weighted by Gasteiger charge is 2.26. The third kappa shape index (κ3) is 2.86. The lowest BCUT2D eigenvalue weighted by Gasteiger charge is -2.17. The van der Waals surface area contributed by atoms with Gasteiger partial charge in [-0.05, 0) is 36.8 Å². The number of likely N-dealkylation sites (N-methyl/N-ethyl adjacent to an activating group) is 1. The van der Waals surface area contributed by atoms with E-state index in [4.69, 9.17) is 4.74 Å². The van der Waals surface area contributed by atoms with Gasteiger partial charge >= 0.3 is 0 Å². The molecule has 2 heterocycles. The van der Waals surface area contributed by atoms with Gasteiger partial charge in [-0.1, -0.05) is 12.1 Å². The molecule has 0 radical (unpaired) electrons. The number of aryl methyl sites for hydroxylation is 1. The standard InChI is InChI=1S/C21H22N4O2S/c1-4-24-20-13-17(27-3)9-10-18(20)19(14-22)21(24)15-5-7-16(8-6-15)25-12-11-23(2)28(25)26/h5-10,13H,4,11-12H2,1-3H3. The summed E-state index contributed by atoms with van der Waals surface area (Å²) in [5.41, 5.74) is 4.44. The van der Waals surface area contributed by atoms with Gasteiger partial charge in [-0.15, -0.1) is 0 Å². The minimum absolute atomic E-state index is 0.664. The molecule has 4 rings (SSSR count). The Morgan fingerprint density at radius 3 is 2.50 bits per heavy atom. The van der Waals surface area contributed by atoms with E-state index in [9.17, 15) is 9.47 Å². The topological polar surface area (TPSA) is 61.5 Å². The van der Waals surface area contributed by atoms with Crippen molar-refractivity contribution in [3.63, 3.8) is 0 Å². The first-order valence-corrected chi connectivity index (χ1v) is 10.3. The van der Waals surface area contributed by atoms with Crippen LogP contribution in [0.5, 0.6) is 5.75 Å². The summed E-state index contributed by atoms with van der Waals surface area (Å²) in [4.78, 5) is 0. The fourth-order valence-electron chi connectivity index (χ4n) is 3.76. The van der Waals surface area contributed by atoms with E-state index in [0.717, 1.165) is 53.2 Å². The Kier molecular flexibility index (Phi) is 4.84. The van der Waals surface area contributed by atoms with Gasteiger partial charge in [-0.25, -0.2) is 8.51 Å². The number of anilines is 1. The van der Waals surface area contributed by atoms with Crippen molar-refractivity contribution in [2.24, 2.45) is 0 Å². The van der Waals surface area contributed by atoms with Crippen LogP contribution in [0.3, 0.4) is 0 Å². The van der Waals surface area contributed by atoms with Crippen LogP contribution in [0.2, 0.25) is 0 Å². The summed E-state index contributed by atoms with van der Waals surface area (Å²) in [5, 5.41) is 10.8. The van der Waals surface area contributed by atoms with Crippen molar-refractivity contribution in [2.45, 2.75) is 13.5 Å². The lowest BCUT2D eigenvalue weighted by molar-refractivity contribution is 0.415. The van der Waals surface area contributed by atoms with Crippen molar-refractivity contribution < 1.29 is 8.95 Å². The van der Waals surface area contributed by atoms with Crippen molar-refractivity contribution in [1.29, 1.82) is 5.26 Å². The van der Waals surface area contributed by atoms with Crippen LogP contribution in [0, 0.1) is 11.3 Å². The van der Waals surface area contributed by atoms with Crippen LogP contribution in [-0.2, 0) is 17.7 Å². The van der Waals surface area contributed by atoms with Crippen LogP contribution in [0.15, 0.2) is 42.5 Å². The molecule has 28 heavy (non-hydrogen) atoms.